The first-order chi connectivity index (χ1) is 10.3. The Labute approximate surface area is 127 Å². The molecule has 1 aromatic rings. The minimum absolute atomic E-state index is 0.115. The van der Waals surface area contributed by atoms with Crippen LogP contribution in [0, 0.1) is 0 Å². The zero-order valence-electron chi connectivity index (χ0n) is 11.6. The zero-order valence-corrected chi connectivity index (χ0v) is 12.4. The summed E-state index contributed by atoms with van der Waals surface area (Å²) in [4.78, 5) is 23.0. The Bertz CT molecular complexity index is 642. The molecule has 1 aromatic heterocycles. The number of carbonyl (C=O) groups is 1. The van der Waals surface area contributed by atoms with Gasteiger partial charge in [0.1, 0.15) is 6.04 Å². The minimum Gasteiger partial charge on any atom is -0.320 e. The van der Waals surface area contributed by atoms with Crippen LogP contribution in [0.1, 0.15) is 18.9 Å². The van der Waals surface area contributed by atoms with Gasteiger partial charge in [0, 0.05) is 23.8 Å². The van der Waals surface area contributed by atoms with Crippen LogP contribution in [0.4, 0.5) is 13.2 Å². The molecule has 1 amide bonds. The second-order valence-corrected chi connectivity index (χ2v) is 6.91. The molecule has 0 aromatic carbocycles. The SMILES string of the molecule is NC1CCS(CCC(n2ccccc2=O)C(F)(F)F)=NC1=O. The van der Waals surface area contributed by atoms with E-state index in [2.05, 4.69) is 4.36 Å². The molecule has 22 heavy (non-hydrogen) atoms. The van der Waals surface area contributed by atoms with Crippen LogP contribution < -0.4 is 11.3 Å². The van der Waals surface area contributed by atoms with Crippen molar-refractivity contribution >= 4 is 16.6 Å². The van der Waals surface area contributed by atoms with Gasteiger partial charge in [-0.25, -0.2) is 0 Å². The van der Waals surface area contributed by atoms with Gasteiger partial charge in [-0.15, -0.1) is 0 Å². The van der Waals surface area contributed by atoms with Crippen LogP contribution >= 0.6 is 0 Å². The van der Waals surface area contributed by atoms with Crippen LogP contribution in [-0.4, -0.2) is 34.2 Å². The van der Waals surface area contributed by atoms with Crippen LogP contribution in [0.3, 0.4) is 0 Å². The number of carbonyl (C=O) groups excluding carboxylic acids is 1. The van der Waals surface area contributed by atoms with E-state index in [1.807, 2.05) is 0 Å². The van der Waals surface area contributed by atoms with E-state index in [0.717, 1.165) is 12.3 Å². The van der Waals surface area contributed by atoms with Gasteiger partial charge >= 0.3 is 6.18 Å². The Hall–Kier alpha value is -1.48. The van der Waals surface area contributed by atoms with Crippen molar-refractivity contribution in [1.82, 2.24) is 4.57 Å². The molecule has 0 fully saturated rings. The zero-order chi connectivity index (χ0) is 16.3. The molecule has 1 aliphatic rings. The van der Waals surface area contributed by atoms with Crippen molar-refractivity contribution in [1.29, 1.82) is 0 Å². The maximum absolute atomic E-state index is 13.2. The third kappa shape index (κ3) is 4.04. The highest BCUT2D eigenvalue weighted by Gasteiger charge is 2.41. The van der Waals surface area contributed by atoms with E-state index in [9.17, 15) is 22.8 Å². The third-order valence-corrected chi connectivity index (χ3v) is 5.24. The Balaban J connectivity index is 2.16. The summed E-state index contributed by atoms with van der Waals surface area (Å²) in [5.74, 6) is 0.181. The fourth-order valence-corrected chi connectivity index (χ4v) is 3.98. The van der Waals surface area contributed by atoms with E-state index in [1.165, 1.54) is 12.1 Å². The monoisotopic (exact) mass is 335 g/mol. The lowest BCUT2D eigenvalue weighted by atomic mass is 10.2. The van der Waals surface area contributed by atoms with E-state index in [1.54, 1.807) is 0 Å². The van der Waals surface area contributed by atoms with E-state index in [0.29, 0.717) is 16.7 Å². The maximum Gasteiger partial charge on any atom is 0.409 e. The second kappa shape index (κ2) is 6.74. The average molecular weight is 335 g/mol. The standard InChI is InChI=1S/C13H16F3N3O2S/c14-13(15,16)10(19-6-2-1-3-11(19)20)5-8-22-7-4-9(17)12(21)18-22/h1-3,6,9-10H,4-5,7-8,17H2. The van der Waals surface area contributed by atoms with Crippen molar-refractivity contribution in [2.45, 2.75) is 31.1 Å². The van der Waals surface area contributed by atoms with Crippen LogP contribution in [-0.2, 0) is 15.5 Å². The quantitative estimate of drug-likeness (QED) is 0.903. The molecule has 3 atom stereocenters. The van der Waals surface area contributed by atoms with Gasteiger partial charge in [-0.1, -0.05) is 16.8 Å². The lowest BCUT2D eigenvalue weighted by molar-refractivity contribution is -0.168. The molecule has 0 bridgehead atoms. The summed E-state index contributed by atoms with van der Waals surface area (Å²) in [7, 11) is -0.751. The van der Waals surface area contributed by atoms with Crippen LogP contribution in [0.2, 0.25) is 0 Å². The number of hydrogen-bond donors (Lipinski definition) is 1. The van der Waals surface area contributed by atoms with Crippen molar-refractivity contribution < 1.29 is 18.0 Å². The molecule has 0 radical (unpaired) electrons. The molecule has 1 aliphatic heterocycles. The van der Waals surface area contributed by atoms with Gasteiger partial charge in [-0.3, -0.25) is 9.59 Å². The molecule has 0 saturated carbocycles. The summed E-state index contributed by atoms with van der Waals surface area (Å²) in [5, 5.41) is 0. The highest BCUT2D eigenvalue weighted by Crippen LogP contribution is 2.32. The number of aromatic nitrogens is 1. The topological polar surface area (TPSA) is 77.4 Å². The highest BCUT2D eigenvalue weighted by atomic mass is 32.2. The normalized spacial score (nSPS) is 23.9. The second-order valence-electron chi connectivity index (χ2n) is 4.99. The van der Waals surface area contributed by atoms with Crippen LogP contribution in [0.5, 0.6) is 0 Å². The Morgan fingerprint density at radius 2 is 2.14 bits per heavy atom. The third-order valence-electron chi connectivity index (χ3n) is 3.39. The van der Waals surface area contributed by atoms with Gasteiger partial charge < -0.3 is 10.3 Å². The molecular weight excluding hydrogens is 319 g/mol. The Morgan fingerprint density at radius 3 is 2.73 bits per heavy atom. The Morgan fingerprint density at radius 1 is 1.41 bits per heavy atom. The molecule has 0 aliphatic carbocycles. The fraction of sp³-hybridized carbons (Fsp3) is 0.538. The van der Waals surface area contributed by atoms with Gasteiger partial charge in [0.15, 0.2) is 0 Å². The first kappa shape index (κ1) is 16.9. The number of pyridine rings is 1. The predicted octanol–water partition coefficient (Wildman–Crippen LogP) is 1.40. The molecule has 5 nitrogen and oxygen atoms in total. The van der Waals surface area contributed by atoms with Crippen molar-refractivity contribution in [3.05, 3.63) is 34.7 Å². The van der Waals surface area contributed by atoms with E-state index in [4.69, 9.17) is 5.73 Å². The fourth-order valence-electron chi connectivity index (χ4n) is 2.18. The molecule has 3 unspecified atom stereocenters. The summed E-state index contributed by atoms with van der Waals surface area (Å²) >= 11 is 0. The summed E-state index contributed by atoms with van der Waals surface area (Å²) in [6.07, 6.45) is -3.26. The number of nitrogens with zero attached hydrogens (tertiary/aromatic N) is 2. The van der Waals surface area contributed by atoms with E-state index >= 15 is 0 Å². The number of rotatable bonds is 4. The highest BCUT2D eigenvalue weighted by molar-refractivity contribution is 7.87. The molecule has 2 rings (SSSR count). The maximum atomic E-state index is 13.2. The number of nitrogens with two attached hydrogens (primary N) is 1. The van der Waals surface area contributed by atoms with Crippen molar-refractivity contribution in [2.24, 2.45) is 10.1 Å². The van der Waals surface area contributed by atoms with E-state index < -0.39 is 40.4 Å². The van der Waals surface area contributed by atoms with Crippen LogP contribution in [0.25, 0.3) is 0 Å². The van der Waals surface area contributed by atoms with Gasteiger partial charge in [0.2, 0.25) is 0 Å². The number of hydrogen-bond acceptors (Lipinski definition) is 3. The molecule has 2 heterocycles. The van der Waals surface area contributed by atoms with Gasteiger partial charge in [0.05, 0.1) is 6.04 Å². The Kier molecular flexibility index (Phi) is 5.17. The van der Waals surface area contributed by atoms with Crippen molar-refractivity contribution in [2.75, 3.05) is 11.5 Å². The first-order valence-corrected chi connectivity index (χ1v) is 8.23. The lowest BCUT2D eigenvalue weighted by Crippen LogP contribution is -2.37. The molecule has 0 saturated heterocycles. The average Bonchev–Trinajstić information content (AvgIpc) is 2.43. The minimum atomic E-state index is -4.54. The molecule has 2 N–H and O–H groups in total. The first-order valence-electron chi connectivity index (χ1n) is 6.71. The van der Waals surface area contributed by atoms with Gasteiger partial charge in [-0.05, 0) is 18.9 Å². The number of alkyl halides is 3. The number of amides is 1. The van der Waals surface area contributed by atoms with Crippen molar-refractivity contribution in [3.8, 4) is 0 Å². The largest absolute Gasteiger partial charge is 0.409 e. The summed E-state index contributed by atoms with van der Waals surface area (Å²) < 4.78 is 44.1. The smallest absolute Gasteiger partial charge is 0.320 e. The van der Waals surface area contributed by atoms with Gasteiger partial charge in [0.25, 0.3) is 11.5 Å². The van der Waals surface area contributed by atoms with Crippen LogP contribution in [0.15, 0.2) is 33.6 Å². The predicted molar refractivity (Wildman–Crippen MR) is 77.5 cm³/mol. The summed E-state index contributed by atoms with van der Waals surface area (Å²) in [6.45, 7) is 0. The van der Waals surface area contributed by atoms with Crippen molar-refractivity contribution in [3.63, 3.8) is 0 Å². The number of halogens is 3. The lowest BCUT2D eigenvalue weighted by Gasteiger charge is -2.24. The molecule has 9 heteroatoms. The summed E-state index contributed by atoms with van der Waals surface area (Å²) in [6, 6.07) is 1.32. The summed E-state index contributed by atoms with van der Waals surface area (Å²) in [5.41, 5.74) is 4.81. The van der Waals surface area contributed by atoms with Gasteiger partial charge in [-0.2, -0.15) is 17.5 Å². The van der Waals surface area contributed by atoms with E-state index in [-0.39, 0.29) is 12.2 Å². The molecule has 0 spiro atoms. The molecular formula is C13H16F3N3O2S. The molecule has 122 valence electrons.